The van der Waals surface area contributed by atoms with Crippen molar-refractivity contribution < 1.29 is 13.6 Å². The van der Waals surface area contributed by atoms with Crippen LogP contribution in [0.25, 0.3) is 0 Å². The number of nitrogens with two attached hydrogens (primary N) is 1. The van der Waals surface area contributed by atoms with Crippen LogP contribution >= 0.6 is 11.6 Å². The number of nitrogens with zero attached hydrogens (tertiary/aromatic N) is 1. The highest BCUT2D eigenvalue weighted by Crippen LogP contribution is 2.24. The fraction of sp³-hybridized carbons (Fsp3) is 0.364. The van der Waals surface area contributed by atoms with Crippen LogP contribution in [0.1, 0.15) is 25.3 Å². The number of nitrogens with one attached hydrogen (secondary N) is 1. The zero-order valence-electron chi connectivity index (χ0n) is 10.4. The second-order valence-electron chi connectivity index (χ2n) is 3.95. The average Bonchev–Trinajstić information content (AvgIpc) is 2.38. The van der Waals surface area contributed by atoms with Gasteiger partial charge in [-0.1, -0.05) is 30.1 Å². The molecule has 0 fully saturated rings. The Bertz CT molecular complexity index is 573. The number of halogens is 1. The maximum atomic E-state index is 11.8. The molecule has 0 bridgehead atoms. The summed E-state index contributed by atoms with van der Waals surface area (Å²) < 4.78 is 26.0. The first-order valence-electron chi connectivity index (χ1n) is 5.67. The van der Waals surface area contributed by atoms with E-state index >= 15 is 0 Å². The smallest absolute Gasteiger partial charge is 0.232 e. The molecule has 1 rings (SSSR count). The van der Waals surface area contributed by atoms with Gasteiger partial charge in [0.2, 0.25) is 10.0 Å². The van der Waals surface area contributed by atoms with Crippen molar-refractivity contribution >= 4 is 33.1 Å². The van der Waals surface area contributed by atoms with E-state index in [0.29, 0.717) is 12.0 Å². The Kier molecular flexibility index (Phi) is 5.44. The van der Waals surface area contributed by atoms with Crippen LogP contribution in [0, 0.1) is 0 Å². The summed E-state index contributed by atoms with van der Waals surface area (Å²) in [5, 5.41) is 11.7. The zero-order chi connectivity index (χ0) is 14.5. The lowest BCUT2D eigenvalue weighted by atomic mass is 10.2. The van der Waals surface area contributed by atoms with Gasteiger partial charge >= 0.3 is 0 Å². The lowest BCUT2D eigenvalue weighted by Gasteiger charge is -2.10. The predicted octanol–water partition coefficient (Wildman–Crippen LogP) is 1.98. The molecule has 0 saturated carbocycles. The van der Waals surface area contributed by atoms with E-state index in [1.165, 1.54) is 18.2 Å². The third-order valence-corrected chi connectivity index (χ3v) is 4.09. The van der Waals surface area contributed by atoms with Gasteiger partial charge < -0.3 is 10.9 Å². The quantitative estimate of drug-likeness (QED) is 0.323. The van der Waals surface area contributed by atoms with Gasteiger partial charge in [-0.3, -0.25) is 4.72 Å². The SMILES string of the molecule is CCCCS(=O)(=O)Nc1cc(C(N)=NO)ccc1Cl. The summed E-state index contributed by atoms with van der Waals surface area (Å²) >= 11 is 5.91. The number of benzene rings is 1. The lowest BCUT2D eigenvalue weighted by molar-refractivity contribution is 0.318. The number of amidine groups is 1. The maximum absolute atomic E-state index is 11.8. The maximum Gasteiger partial charge on any atom is 0.232 e. The van der Waals surface area contributed by atoms with Crippen molar-refractivity contribution in [1.29, 1.82) is 0 Å². The van der Waals surface area contributed by atoms with Crippen LogP contribution in [0.3, 0.4) is 0 Å². The number of anilines is 1. The molecule has 1 aromatic rings. The molecule has 0 heterocycles. The highest BCUT2D eigenvalue weighted by atomic mass is 35.5. The Morgan fingerprint density at radius 3 is 2.79 bits per heavy atom. The highest BCUT2D eigenvalue weighted by molar-refractivity contribution is 7.92. The minimum Gasteiger partial charge on any atom is -0.409 e. The van der Waals surface area contributed by atoms with Crippen LogP contribution in [0.2, 0.25) is 5.02 Å². The summed E-state index contributed by atoms with van der Waals surface area (Å²) in [6, 6.07) is 4.43. The topological polar surface area (TPSA) is 105 Å². The summed E-state index contributed by atoms with van der Waals surface area (Å²) in [4.78, 5) is 0. The Hall–Kier alpha value is -1.47. The fourth-order valence-electron chi connectivity index (χ4n) is 1.37. The number of hydrogen-bond acceptors (Lipinski definition) is 4. The minimum absolute atomic E-state index is 0.0215. The highest BCUT2D eigenvalue weighted by Gasteiger charge is 2.13. The molecule has 0 radical (unpaired) electrons. The Morgan fingerprint density at radius 1 is 1.53 bits per heavy atom. The predicted molar refractivity (Wildman–Crippen MR) is 76.3 cm³/mol. The molecule has 4 N–H and O–H groups in total. The van der Waals surface area contributed by atoms with E-state index in [0.717, 1.165) is 6.42 Å². The Labute approximate surface area is 117 Å². The second kappa shape index (κ2) is 6.63. The first-order valence-corrected chi connectivity index (χ1v) is 7.70. The zero-order valence-corrected chi connectivity index (χ0v) is 12.0. The molecule has 8 heteroatoms. The normalized spacial score (nSPS) is 12.4. The molecule has 0 aliphatic rings. The van der Waals surface area contributed by atoms with Gasteiger partial charge in [0.05, 0.1) is 16.5 Å². The van der Waals surface area contributed by atoms with Crippen LogP contribution in [0.4, 0.5) is 5.69 Å². The summed E-state index contributed by atoms with van der Waals surface area (Å²) in [5.41, 5.74) is 6.02. The van der Waals surface area contributed by atoms with Gasteiger partial charge in [0.1, 0.15) is 0 Å². The van der Waals surface area contributed by atoms with Crippen molar-refractivity contribution in [2.75, 3.05) is 10.5 Å². The lowest BCUT2D eigenvalue weighted by Crippen LogP contribution is -2.18. The number of hydrogen-bond donors (Lipinski definition) is 3. The van der Waals surface area contributed by atoms with Crippen molar-refractivity contribution in [2.24, 2.45) is 10.9 Å². The van der Waals surface area contributed by atoms with E-state index < -0.39 is 10.0 Å². The third-order valence-electron chi connectivity index (χ3n) is 2.40. The van der Waals surface area contributed by atoms with Crippen molar-refractivity contribution in [1.82, 2.24) is 0 Å². The van der Waals surface area contributed by atoms with Crippen LogP contribution < -0.4 is 10.5 Å². The summed E-state index contributed by atoms with van der Waals surface area (Å²) in [6.45, 7) is 1.90. The largest absolute Gasteiger partial charge is 0.409 e. The van der Waals surface area contributed by atoms with Crippen molar-refractivity contribution in [3.8, 4) is 0 Å². The number of sulfonamides is 1. The summed E-state index contributed by atoms with van der Waals surface area (Å²) in [7, 11) is -3.45. The molecule has 106 valence electrons. The molecule has 0 unspecified atom stereocenters. The van der Waals surface area contributed by atoms with Crippen LogP contribution in [0.5, 0.6) is 0 Å². The standard InChI is InChI=1S/C11H16ClN3O3S/c1-2-3-6-19(17,18)15-10-7-8(11(13)14-16)4-5-9(10)12/h4-5,7,15-16H,2-3,6H2,1H3,(H2,13,14). The van der Waals surface area contributed by atoms with Gasteiger partial charge in [0.25, 0.3) is 0 Å². The molecule has 0 atom stereocenters. The summed E-state index contributed by atoms with van der Waals surface area (Å²) in [6.07, 6.45) is 1.34. The van der Waals surface area contributed by atoms with E-state index in [1.807, 2.05) is 6.92 Å². The van der Waals surface area contributed by atoms with E-state index in [9.17, 15) is 8.42 Å². The molecule has 0 spiro atoms. The summed E-state index contributed by atoms with van der Waals surface area (Å²) in [5.74, 6) is -0.0983. The molecular weight excluding hydrogens is 290 g/mol. The van der Waals surface area contributed by atoms with E-state index in [2.05, 4.69) is 9.88 Å². The molecule has 6 nitrogen and oxygen atoms in total. The van der Waals surface area contributed by atoms with E-state index in [1.54, 1.807) is 0 Å². The molecule has 0 aliphatic carbocycles. The van der Waals surface area contributed by atoms with Crippen LogP contribution in [-0.4, -0.2) is 25.2 Å². The van der Waals surface area contributed by atoms with Crippen molar-refractivity contribution in [3.05, 3.63) is 28.8 Å². The van der Waals surface area contributed by atoms with Gasteiger partial charge in [-0.15, -0.1) is 0 Å². The first-order chi connectivity index (χ1) is 8.89. The number of unbranched alkanes of at least 4 members (excludes halogenated alkanes) is 1. The molecule has 0 aromatic heterocycles. The molecule has 19 heavy (non-hydrogen) atoms. The monoisotopic (exact) mass is 305 g/mol. The molecule has 0 saturated heterocycles. The minimum atomic E-state index is -3.45. The van der Waals surface area contributed by atoms with Gasteiger partial charge in [0.15, 0.2) is 5.84 Å². The third kappa shape index (κ3) is 4.60. The van der Waals surface area contributed by atoms with Crippen LogP contribution in [0.15, 0.2) is 23.4 Å². The number of oxime groups is 1. The molecular formula is C11H16ClN3O3S. The van der Waals surface area contributed by atoms with E-state index in [4.69, 9.17) is 22.5 Å². The van der Waals surface area contributed by atoms with E-state index in [-0.39, 0.29) is 22.3 Å². The Morgan fingerprint density at radius 2 is 2.21 bits per heavy atom. The van der Waals surface area contributed by atoms with Gasteiger partial charge in [-0.25, -0.2) is 8.42 Å². The molecule has 0 amide bonds. The van der Waals surface area contributed by atoms with Crippen LogP contribution in [-0.2, 0) is 10.0 Å². The fourth-order valence-corrected chi connectivity index (χ4v) is 2.87. The molecule has 1 aromatic carbocycles. The van der Waals surface area contributed by atoms with Gasteiger partial charge in [-0.2, -0.15) is 0 Å². The molecule has 0 aliphatic heterocycles. The number of rotatable bonds is 6. The Balaban J connectivity index is 3.01. The van der Waals surface area contributed by atoms with Crippen molar-refractivity contribution in [3.63, 3.8) is 0 Å². The first kappa shape index (κ1) is 15.6. The van der Waals surface area contributed by atoms with Gasteiger partial charge in [-0.05, 0) is 24.6 Å². The van der Waals surface area contributed by atoms with Crippen molar-refractivity contribution in [2.45, 2.75) is 19.8 Å². The second-order valence-corrected chi connectivity index (χ2v) is 6.20. The average molecular weight is 306 g/mol. The van der Waals surface area contributed by atoms with Gasteiger partial charge in [0, 0.05) is 5.56 Å².